The van der Waals surface area contributed by atoms with Crippen molar-refractivity contribution >= 4 is 23.1 Å². The zero-order chi connectivity index (χ0) is 23.9. The average Bonchev–Trinajstić information content (AvgIpc) is 3.15. The molecule has 11 heteroatoms. The monoisotopic (exact) mass is 461 g/mol. The zero-order valence-electron chi connectivity index (χ0n) is 18.1. The van der Waals surface area contributed by atoms with Crippen molar-refractivity contribution in [2.45, 2.75) is 45.9 Å². The molecule has 0 atom stereocenters. The standard InChI is InChI=1S/C22H22F3N5O3/c1-12-16(13(2)30-21(28-12)17(11-27-30)20(26)32)6-8-19(31)29-9-3-4-14-10-15(5-7-18(14)29)33-22(23,24)25/h5,7,10-11H,3-4,6,8-9H2,1-2H3,(H2,26,32). The lowest BCUT2D eigenvalue weighted by Crippen LogP contribution is -2.35. The van der Waals surface area contributed by atoms with Crippen molar-refractivity contribution in [3.8, 4) is 5.75 Å². The van der Waals surface area contributed by atoms with Gasteiger partial charge in [0.1, 0.15) is 11.3 Å². The van der Waals surface area contributed by atoms with Gasteiger partial charge in [0.05, 0.1) is 6.20 Å². The first-order valence-electron chi connectivity index (χ1n) is 10.4. The fourth-order valence-electron chi connectivity index (χ4n) is 4.24. The van der Waals surface area contributed by atoms with Gasteiger partial charge in [0, 0.05) is 30.0 Å². The predicted octanol–water partition coefficient (Wildman–Crippen LogP) is 3.26. The van der Waals surface area contributed by atoms with E-state index in [0.29, 0.717) is 48.4 Å². The quantitative estimate of drug-likeness (QED) is 0.628. The van der Waals surface area contributed by atoms with E-state index in [4.69, 9.17) is 5.73 Å². The van der Waals surface area contributed by atoms with Gasteiger partial charge in [-0.25, -0.2) is 9.50 Å². The number of primary amides is 1. The first kappa shape index (κ1) is 22.6. The Morgan fingerprint density at radius 2 is 2.00 bits per heavy atom. The van der Waals surface area contributed by atoms with Crippen LogP contribution < -0.4 is 15.4 Å². The molecule has 0 bridgehead atoms. The third-order valence-electron chi connectivity index (χ3n) is 5.77. The fourth-order valence-corrected chi connectivity index (χ4v) is 4.24. The molecule has 0 aliphatic carbocycles. The van der Waals surface area contributed by atoms with Crippen LogP contribution in [0.3, 0.4) is 0 Å². The van der Waals surface area contributed by atoms with E-state index < -0.39 is 12.3 Å². The number of halogens is 3. The van der Waals surface area contributed by atoms with Gasteiger partial charge in [-0.15, -0.1) is 13.2 Å². The molecule has 8 nitrogen and oxygen atoms in total. The van der Waals surface area contributed by atoms with Crippen LogP contribution in [0.5, 0.6) is 5.75 Å². The maximum atomic E-state index is 13.0. The van der Waals surface area contributed by atoms with E-state index in [9.17, 15) is 22.8 Å². The van der Waals surface area contributed by atoms with Crippen molar-refractivity contribution in [2.24, 2.45) is 5.73 Å². The van der Waals surface area contributed by atoms with Crippen LogP contribution in [0.4, 0.5) is 18.9 Å². The first-order valence-corrected chi connectivity index (χ1v) is 10.4. The number of fused-ring (bicyclic) bond motifs is 2. The Morgan fingerprint density at radius 3 is 2.70 bits per heavy atom. The highest BCUT2D eigenvalue weighted by Gasteiger charge is 2.32. The van der Waals surface area contributed by atoms with Gasteiger partial charge in [0.2, 0.25) is 5.91 Å². The molecule has 33 heavy (non-hydrogen) atoms. The summed E-state index contributed by atoms with van der Waals surface area (Å²) in [6.07, 6.45) is -1.62. The molecule has 3 aromatic rings. The number of amides is 2. The summed E-state index contributed by atoms with van der Waals surface area (Å²) < 4.78 is 43.1. The number of nitrogens with zero attached hydrogens (tertiary/aromatic N) is 4. The summed E-state index contributed by atoms with van der Waals surface area (Å²) in [5, 5.41) is 4.19. The molecule has 0 saturated heterocycles. The molecule has 3 heterocycles. The van der Waals surface area contributed by atoms with E-state index in [1.807, 2.05) is 6.92 Å². The summed E-state index contributed by atoms with van der Waals surface area (Å²) >= 11 is 0. The second kappa shape index (κ2) is 8.38. The number of benzene rings is 1. The number of nitrogens with two attached hydrogens (primary N) is 1. The molecular formula is C22H22F3N5O3. The Kier molecular flexibility index (Phi) is 5.73. The molecule has 0 fully saturated rings. The summed E-state index contributed by atoms with van der Waals surface area (Å²) in [5.74, 6) is -1.06. The molecule has 1 aliphatic heterocycles. The van der Waals surface area contributed by atoms with Crippen molar-refractivity contribution in [1.29, 1.82) is 0 Å². The Morgan fingerprint density at radius 1 is 1.24 bits per heavy atom. The van der Waals surface area contributed by atoms with E-state index >= 15 is 0 Å². The Hall–Kier alpha value is -3.63. The molecule has 1 aliphatic rings. The maximum absolute atomic E-state index is 13.0. The van der Waals surface area contributed by atoms with Crippen LogP contribution in [-0.2, 0) is 17.6 Å². The predicted molar refractivity (Wildman–Crippen MR) is 113 cm³/mol. The second-order valence-corrected chi connectivity index (χ2v) is 7.91. The Balaban J connectivity index is 1.53. The molecule has 0 radical (unpaired) electrons. The number of rotatable bonds is 5. The third-order valence-corrected chi connectivity index (χ3v) is 5.77. The van der Waals surface area contributed by atoms with Crippen LogP contribution in [-0.4, -0.2) is 39.3 Å². The molecule has 1 aromatic carbocycles. The molecule has 0 saturated carbocycles. The summed E-state index contributed by atoms with van der Waals surface area (Å²) in [4.78, 5) is 30.7. The largest absolute Gasteiger partial charge is 0.573 e. The number of anilines is 1. The van der Waals surface area contributed by atoms with Gasteiger partial charge in [0.15, 0.2) is 5.65 Å². The molecule has 4 rings (SSSR count). The van der Waals surface area contributed by atoms with Crippen LogP contribution in [0, 0.1) is 13.8 Å². The van der Waals surface area contributed by atoms with E-state index in [0.717, 1.165) is 11.3 Å². The van der Waals surface area contributed by atoms with Gasteiger partial charge >= 0.3 is 6.36 Å². The van der Waals surface area contributed by atoms with Gasteiger partial charge < -0.3 is 15.4 Å². The van der Waals surface area contributed by atoms with Crippen LogP contribution in [0.2, 0.25) is 0 Å². The topological polar surface area (TPSA) is 103 Å². The number of carbonyl (C=O) groups is 2. The minimum atomic E-state index is -4.77. The first-order chi connectivity index (χ1) is 15.5. The van der Waals surface area contributed by atoms with Crippen LogP contribution >= 0.6 is 0 Å². The van der Waals surface area contributed by atoms with Crippen molar-refractivity contribution in [1.82, 2.24) is 14.6 Å². The van der Waals surface area contributed by atoms with E-state index in [1.54, 1.807) is 11.8 Å². The fraction of sp³-hybridized carbons (Fsp3) is 0.364. The van der Waals surface area contributed by atoms with Crippen molar-refractivity contribution < 1.29 is 27.5 Å². The minimum absolute atomic E-state index is 0.141. The summed E-state index contributed by atoms with van der Waals surface area (Å²) in [5.41, 5.74) is 9.47. The van der Waals surface area contributed by atoms with Gasteiger partial charge in [0.25, 0.3) is 5.91 Å². The smallest absolute Gasteiger partial charge is 0.406 e. The lowest BCUT2D eigenvalue weighted by atomic mass is 10.00. The highest BCUT2D eigenvalue weighted by molar-refractivity contribution is 5.98. The molecule has 174 valence electrons. The third kappa shape index (κ3) is 4.48. The minimum Gasteiger partial charge on any atom is -0.406 e. The summed E-state index contributed by atoms with van der Waals surface area (Å²) in [6.45, 7) is 4.11. The normalized spacial score (nSPS) is 13.8. The van der Waals surface area contributed by atoms with Crippen LogP contribution in [0.25, 0.3) is 5.65 Å². The highest BCUT2D eigenvalue weighted by Crippen LogP contribution is 2.33. The summed E-state index contributed by atoms with van der Waals surface area (Å²) in [7, 11) is 0. The van der Waals surface area contributed by atoms with Crippen LogP contribution in [0.1, 0.15) is 45.7 Å². The molecule has 0 unspecified atom stereocenters. The average molecular weight is 461 g/mol. The van der Waals surface area contributed by atoms with E-state index in [-0.39, 0.29) is 23.6 Å². The highest BCUT2D eigenvalue weighted by atomic mass is 19.4. The Labute approximate surface area is 187 Å². The number of alkyl halides is 3. The molecule has 2 amide bonds. The molecule has 2 N–H and O–H groups in total. The number of aromatic nitrogens is 3. The van der Waals surface area contributed by atoms with E-state index in [1.165, 1.54) is 28.9 Å². The Bertz CT molecular complexity index is 1250. The number of aryl methyl sites for hydroxylation is 3. The number of ether oxygens (including phenoxy) is 1. The van der Waals surface area contributed by atoms with Gasteiger partial charge in [-0.2, -0.15) is 5.10 Å². The lowest BCUT2D eigenvalue weighted by molar-refractivity contribution is -0.274. The second-order valence-electron chi connectivity index (χ2n) is 7.91. The van der Waals surface area contributed by atoms with Gasteiger partial charge in [-0.3, -0.25) is 9.59 Å². The van der Waals surface area contributed by atoms with Gasteiger partial charge in [-0.1, -0.05) is 0 Å². The number of hydrogen-bond acceptors (Lipinski definition) is 5. The summed E-state index contributed by atoms with van der Waals surface area (Å²) in [6, 6.07) is 4.05. The zero-order valence-corrected chi connectivity index (χ0v) is 18.1. The lowest BCUT2D eigenvalue weighted by Gasteiger charge is -2.30. The molecular weight excluding hydrogens is 439 g/mol. The van der Waals surface area contributed by atoms with Crippen molar-refractivity contribution in [3.63, 3.8) is 0 Å². The van der Waals surface area contributed by atoms with Crippen molar-refractivity contribution in [3.05, 3.63) is 52.5 Å². The number of carbonyl (C=O) groups excluding carboxylic acids is 2. The number of hydrogen-bond donors (Lipinski definition) is 1. The SMILES string of the molecule is Cc1nc2c(C(N)=O)cnn2c(C)c1CCC(=O)N1CCCc2cc(OC(F)(F)F)ccc21. The van der Waals surface area contributed by atoms with Gasteiger partial charge in [-0.05, 0) is 62.4 Å². The maximum Gasteiger partial charge on any atom is 0.573 e. The molecule has 2 aromatic heterocycles. The molecule has 0 spiro atoms. The van der Waals surface area contributed by atoms with Crippen LogP contribution in [0.15, 0.2) is 24.4 Å². The van der Waals surface area contributed by atoms with Crippen molar-refractivity contribution in [2.75, 3.05) is 11.4 Å². The van der Waals surface area contributed by atoms with E-state index in [2.05, 4.69) is 14.8 Å².